The average molecular weight is 270 g/mol. The molecule has 1 aromatic rings. The highest BCUT2D eigenvalue weighted by Crippen LogP contribution is 2.25. The molecule has 5 nitrogen and oxygen atoms in total. The SMILES string of the molecule is CC1(CNCc2cccc(S(N)(=O)=O)c2)COC1. The van der Waals surface area contributed by atoms with Crippen molar-refractivity contribution in [3.8, 4) is 0 Å². The van der Waals surface area contributed by atoms with Crippen molar-refractivity contribution in [3.05, 3.63) is 29.8 Å². The van der Waals surface area contributed by atoms with Crippen LogP contribution in [0.4, 0.5) is 0 Å². The Hall–Kier alpha value is -0.950. The first-order valence-electron chi connectivity index (χ1n) is 5.79. The second kappa shape index (κ2) is 4.97. The molecule has 0 aliphatic carbocycles. The molecule has 1 aliphatic rings. The summed E-state index contributed by atoms with van der Waals surface area (Å²) in [4.78, 5) is 0.153. The van der Waals surface area contributed by atoms with E-state index >= 15 is 0 Å². The summed E-state index contributed by atoms with van der Waals surface area (Å²) in [6.45, 7) is 5.18. The van der Waals surface area contributed by atoms with Crippen LogP contribution in [0.2, 0.25) is 0 Å². The van der Waals surface area contributed by atoms with Crippen LogP contribution in [0.3, 0.4) is 0 Å². The molecule has 3 N–H and O–H groups in total. The summed E-state index contributed by atoms with van der Waals surface area (Å²) in [5.74, 6) is 0. The zero-order valence-corrected chi connectivity index (χ0v) is 11.2. The molecule has 0 unspecified atom stereocenters. The minimum absolute atomic E-state index is 0.153. The van der Waals surface area contributed by atoms with Crippen LogP contribution in [0.25, 0.3) is 0 Å². The highest BCUT2D eigenvalue weighted by molar-refractivity contribution is 7.89. The van der Waals surface area contributed by atoms with Crippen LogP contribution >= 0.6 is 0 Å². The van der Waals surface area contributed by atoms with Crippen LogP contribution < -0.4 is 10.5 Å². The molecule has 1 aromatic carbocycles. The Morgan fingerprint density at radius 1 is 1.44 bits per heavy atom. The Labute approximate surface area is 107 Å². The zero-order valence-electron chi connectivity index (χ0n) is 10.3. The lowest BCUT2D eigenvalue weighted by molar-refractivity contribution is -0.0991. The van der Waals surface area contributed by atoms with Gasteiger partial charge in [-0.1, -0.05) is 19.1 Å². The van der Waals surface area contributed by atoms with Crippen LogP contribution in [-0.2, 0) is 21.3 Å². The van der Waals surface area contributed by atoms with Crippen molar-refractivity contribution < 1.29 is 13.2 Å². The van der Waals surface area contributed by atoms with E-state index in [2.05, 4.69) is 12.2 Å². The van der Waals surface area contributed by atoms with Gasteiger partial charge in [0, 0.05) is 18.5 Å². The van der Waals surface area contributed by atoms with E-state index < -0.39 is 10.0 Å². The molecule has 100 valence electrons. The Bertz CT molecular complexity index is 524. The van der Waals surface area contributed by atoms with Crippen LogP contribution in [0.5, 0.6) is 0 Å². The average Bonchev–Trinajstić information content (AvgIpc) is 2.26. The summed E-state index contributed by atoms with van der Waals surface area (Å²) >= 11 is 0. The van der Waals surface area contributed by atoms with Crippen molar-refractivity contribution in [1.29, 1.82) is 0 Å². The van der Waals surface area contributed by atoms with Gasteiger partial charge in [0.25, 0.3) is 0 Å². The Kier molecular flexibility index (Phi) is 3.72. The first kappa shape index (κ1) is 13.5. The van der Waals surface area contributed by atoms with Gasteiger partial charge in [0.1, 0.15) is 0 Å². The Morgan fingerprint density at radius 3 is 2.72 bits per heavy atom. The van der Waals surface area contributed by atoms with E-state index in [1.54, 1.807) is 12.1 Å². The van der Waals surface area contributed by atoms with Crippen molar-refractivity contribution >= 4 is 10.0 Å². The fourth-order valence-corrected chi connectivity index (χ4v) is 2.48. The van der Waals surface area contributed by atoms with E-state index in [0.717, 1.165) is 25.3 Å². The number of hydrogen-bond donors (Lipinski definition) is 2. The Morgan fingerprint density at radius 2 is 2.17 bits per heavy atom. The van der Waals surface area contributed by atoms with E-state index in [1.807, 2.05) is 6.07 Å². The van der Waals surface area contributed by atoms with Gasteiger partial charge in [0.05, 0.1) is 18.1 Å². The van der Waals surface area contributed by atoms with Crippen molar-refractivity contribution in [2.45, 2.75) is 18.4 Å². The van der Waals surface area contributed by atoms with E-state index in [-0.39, 0.29) is 10.3 Å². The van der Waals surface area contributed by atoms with Crippen LogP contribution in [0.1, 0.15) is 12.5 Å². The topological polar surface area (TPSA) is 81.4 Å². The summed E-state index contributed by atoms with van der Waals surface area (Å²) in [7, 11) is -3.62. The molecule has 2 rings (SSSR count). The van der Waals surface area contributed by atoms with Gasteiger partial charge in [-0.3, -0.25) is 0 Å². The predicted molar refractivity (Wildman–Crippen MR) is 68.4 cm³/mol. The standard InChI is InChI=1S/C12H18N2O3S/c1-12(8-17-9-12)7-14-6-10-3-2-4-11(5-10)18(13,15)16/h2-5,14H,6-9H2,1H3,(H2,13,15,16). The molecule has 1 saturated heterocycles. The number of nitrogens with two attached hydrogens (primary N) is 1. The summed E-state index contributed by atoms with van der Waals surface area (Å²) in [6, 6.07) is 6.67. The van der Waals surface area contributed by atoms with Gasteiger partial charge in [-0.2, -0.15) is 0 Å². The molecule has 18 heavy (non-hydrogen) atoms. The molecule has 0 bridgehead atoms. The lowest BCUT2D eigenvalue weighted by Gasteiger charge is -2.38. The first-order valence-corrected chi connectivity index (χ1v) is 7.34. The van der Waals surface area contributed by atoms with Crippen molar-refractivity contribution in [3.63, 3.8) is 0 Å². The summed E-state index contributed by atoms with van der Waals surface area (Å²) in [5.41, 5.74) is 1.11. The fraction of sp³-hybridized carbons (Fsp3) is 0.500. The molecule has 0 amide bonds. The van der Waals surface area contributed by atoms with Gasteiger partial charge in [-0.05, 0) is 17.7 Å². The number of benzene rings is 1. The van der Waals surface area contributed by atoms with Crippen molar-refractivity contribution in [2.75, 3.05) is 19.8 Å². The van der Waals surface area contributed by atoms with Gasteiger partial charge >= 0.3 is 0 Å². The molecule has 1 fully saturated rings. The Balaban J connectivity index is 1.93. The molecule has 0 saturated carbocycles. The molecule has 0 spiro atoms. The molecular formula is C12H18N2O3S. The normalized spacial score (nSPS) is 18.3. The molecule has 1 aliphatic heterocycles. The van der Waals surface area contributed by atoms with E-state index in [0.29, 0.717) is 6.54 Å². The van der Waals surface area contributed by atoms with E-state index in [1.165, 1.54) is 6.07 Å². The molecule has 0 radical (unpaired) electrons. The first-order chi connectivity index (χ1) is 8.39. The van der Waals surface area contributed by atoms with Gasteiger partial charge in [0.15, 0.2) is 0 Å². The van der Waals surface area contributed by atoms with Gasteiger partial charge in [-0.15, -0.1) is 0 Å². The highest BCUT2D eigenvalue weighted by atomic mass is 32.2. The smallest absolute Gasteiger partial charge is 0.238 e. The van der Waals surface area contributed by atoms with Gasteiger partial charge < -0.3 is 10.1 Å². The predicted octanol–water partition coefficient (Wildman–Crippen LogP) is 0.460. The van der Waals surface area contributed by atoms with Crippen molar-refractivity contribution in [2.24, 2.45) is 10.6 Å². The van der Waals surface area contributed by atoms with Gasteiger partial charge in [0.2, 0.25) is 10.0 Å². The number of rotatable bonds is 5. The van der Waals surface area contributed by atoms with Crippen LogP contribution in [0, 0.1) is 5.41 Å². The highest BCUT2D eigenvalue weighted by Gasteiger charge is 2.32. The minimum Gasteiger partial charge on any atom is -0.380 e. The van der Waals surface area contributed by atoms with E-state index in [9.17, 15) is 8.42 Å². The zero-order chi connectivity index (χ0) is 13.2. The van der Waals surface area contributed by atoms with Gasteiger partial charge in [-0.25, -0.2) is 13.6 Å². The molecule has 6 heteroatoms. The third-order valence-electron chi connectivity index (χ3n) is 3.01. The number of hydrogen-bond acceptors (Lipinski definition) is 4. The van der Waals surface area contributed by atoms with E-state index in [4.69, 9.17) is 9.88 Å². The maximum atomic E-state index is 11.2. The minimum atomic E-state index is -3.62. The summed E-state index contributed by atoms with van der Waals surface area (Å²) in [5, 5.41) is 8.40. The molecular weight excluding hydrogens is 252 g/mol. The number of primary sulfonamides is 1. The number of ether oxygens (including phenoxy) is 1. The molecule has 0 atom stereocenters. The summed E-state index contributed by atoms with van der Waals surface area (Å²) in [6.07, 6.45) is 0. The second-order valence-electron chi connectivity index (χ2n) is 5.10. The number of nitrogens with one attached hydrogen (secondary N) is 1. The largest absolute Gasteiger partial charge is 0.380 e. The monoisotopic (exact) mass is 270 g/mol. The second-order valence-corrected chi connectivity index (χ2v) is 6.66. The third-order valence-corrected chi connectivity index (χ3v) is 3.92. The molecule has 0 aromatic heterocycles. The fourth-order valence-electron chi connectivity index (χ4n) is 1.89. The van der Waals surface area contributed by atoms with Crippen LogP contribution in [0.15, 0.2) is 29.2 Å². The maximum absolute atomic E-state index is 11.2. The molecule has 1 heterocycles. The maximum Gasteiger partial charge on any atom is 0.238 e. The third kappa shape index (κ3) is 3.29. The lowest BCUT2D eigenvalue weighted by Crippen LogP contribution is -2.47. The quantitative estimate of drug-likeness (QED) is 0.814. The number of sulfonamides is 1. The lowest BCUT2D eigenvalue weighted by atomic mass is 9.89. The van der Waals surface area contributed by atoms with Crippen LogP contribution in [-0.4, -0.2) is 28.2 Å². The van der Waals surface area contributed by atoms with Crippen molar-refractivity contribution in [1.82, 2.24) is 5.32 Å². The summed E-state index contributed by atoms with van der Waals surface area (Å²) < 4.78 is 27.6.